The molecule has 0 amide bonds. The maximum absolute atomic E-state index is 5.75. The first-order valence-corrected chi connectivity index (χ1v) is 8.39. The van der Waals surface area contributed by atoms with Gasteiger partial charge in [-0.3, -0.25) is 11.3 Å². The second-order valence-corrected chi connectivity index (χ2v) is 6.92. The van der Waals surface area contributed by atoms with Gasteiger partial charge in [-0.15, -0.1) is 11.3 Å². The van der Waals surface area contributed by atoms with Crippen LogP contribution >= 0.6 is 27.3 Å². The highest BCUT2D eigenvalue weighted by molar-refractivity contribution is 9.10. The number of benzene rings is 2. The van der Waals surface area contributed by atoms with E-state index in [1.54, 1.807) is 11.3 Å². The molecule has 1 unspecified atom stereocenters. The van der Waals surface area contributed by atoms with Crippen molar-refractivity contribution in [3.05, 3.63) is 62.5 Å². The van der Waals surface area contributed by atoms with E-state index in [1.165, 1.54) is 16.3 Å². The van der Waals surface area contributed by atoms with Crippen molar-refractivity contribution >= 4 is 38.0 Å². The summed E-state index contributed by atoms with van der Waals surface area (Å²) < 4.78 is 1.09. The molecule has 21 heavy (non-hydrogen) atoms. The van der Waals surface area contributed by atoms with Crippen molar-refractivity contribution in [2.24, 2.45) is 5.84 Å². The molecule has 3 rings (SSSR count). The molecule has 3 nitrogen and oxygen atoms in total. The Kier molecular flexibility index (Phi) is 4.35. The molecule has 5 heteroatoms. The smallest absolute Gasteiger partial charge is 0.0947 e. The van der Waals surface area contributed by atoms with Crippen LogP contribution in [0.1, 0.15) is 22.3 Å². The van der Waals surface area contributed by atoms with Crippen LogP contribution in [0, 0.1) is 6.92 Å². The van der Waals surface area contributed by atoms with Crippen LogP contribution in [0.3, 0.4) is 0 Å². The molecule has 1 heterocycles. The first kappa shape index (κ1) is 14.7. The number of nitrogens with two attached hydrogens (primary N) is 1. The fraction of sp³-hybridized carbons (Fsp3) is 0.188. The predicted octanol–water partition coefficient (Wildman–Crippen LogP) is 4.11. The molecule has 0 saturated carbocycles. The minimum absolute atomic E-state index is 0.0728. The molecule has 1 atom stereocenters. The van der Waals surface area contributed by atoms with Gasteiger partial charge in [-0.2, -0.15) is 0 Å². The van der Waals surface area contributed by atoms with Crippen LogP contribution in [0.25, 0.3) is 10.8 Å². The Balaban J connectivity index is 1.91. The lowest BCUT2D eigenvalue weighted by Crippen LogP contribution is -2.29. The standard InChI is InChI=1S/C16H16BrN3S/c1-10-9-21-16(19-10)8-15(20-18)13-3-2-12-7-14(17)5-4-11(12)6-13/h2-7,9,15,20H,8,18H2,1H3. The molecule has 0 aliphatic rings. The Labute approximate surface area is 136 Å². The largest absolute Gasteiger partial charge is 0.271 e. The van der Waals surface area contributed by atoms with Crippen molar-refractivity contribution in [2.75, 3.05) is 0 Å². The summed E-state index contributed by atoms with van der Waals surface area (Å²) >= 11 is 5.18. The van der Waals surface area contributed by atoms with Gasteiger partial charge >= 0.3 is 0 Å². The molecule has 0 radical (unpaired) electrons. The van der Waals surface area contributed by atoms with Crippen molar-refractivity contribution in [3.63, 3.8) is 0 Å². The molecular weight excluding hydrogens is 346 g/mol. The van der Waals surface area contributed by atoms with Crippen molar-refractivity contribution in [1.82, 2.24) is 10.4 Å². The van der Waals surface area contributed by atoms with E-state index >= 15 is 0 Å². The van der Waals surface area contributed by atoms with Gasteiger partial charge in [0, 0.05) is 22.0 Å². The maximum atomic E-state index is 5.75. The minimum atomic E-state index is 0.0728. The molecule has 0 fully saturated rings. The lowest BCUT2D eigenvalue weighted by atomic mass is 10.0. The summed E-state index contributed by atoms with van der Waals surface area (Å²) in [6.07, 6.45) is 0.803. The van der Waals surface area contributed by atoms with E-state index in [0.717, 1.165) is 21.6 Å². The molecule has 108 valence electrons. The fourth-order valence-electron chi connectivity index (χ4n) is 2.40. The van der Waals surface area contributed by atoms with Crippen LogP contribution in [0.15, 0.2) is 46.3 Å². The number of aryl methyl sites for hydroxylation is 1. The number of hydrogen-bond donors (Lipinski definition) is 2. The zero-order valence-corrected chi connectivity index (χ0v) is 14.0. The number of aromatic nitrogens is 1. The molecule has 3 aromatic rings. The van der Waals surface area contributed by atoms with E-state index in [4.69, 9.17) is 5.84 Å². The van der Waals surface area contributed by atoms with Crippen LogP contribution in [-0.4, -0.2) is 4.98 Å². The number of hydrazine groups is 1. The summed E-state index contributed by atoms with van der Waals surface area (Å²) in [5, 5.41) is 5.60. The molecule has 0 saturated heterocycles. The van der Waals surface area contributed by atoms with Gasteiger partial charge in [0.25, 0.3) is 0 Å². The van der Waals surface area contributed by atoms with E-state index in [2.05, 4.69) is 68.1 Å². The third-order valence-electron chi connectivity index (χ3n) is 3.48. The van der Waals surface area contributed by atoms with Gasteiger partial charge < -0.3 is 0 Å². The highest BCUT2D eigenvalue weighted by atomic mass is 79.9. The summed E-state index contributed by atoms with van der Waals surface area (Å²) in [5.41, 5.74) is 5.15. The molecule has 1 aromatic heterocycles. The van der Waals surface area contributed by atoms with Crippen molar-refractivity contribution in [3.8, 4) is 0 Å². The number of rotatable bonds is 4. The van der Waals surface area contributed by atoms with Gasteiger partial charge in [-0.1, -0.05) is 34.1 Å². The monoisotopic (exact) mass is 361 g/mol. The lowest BCUT2D eigenvalue weighted by Gasteiger charge is -2.15. The van der Waals surface area contributed by atoms with Crippen molar-refractivity contribution in [2.45, 2.75) is 19.4 Å². The van der Waals surface area contributed by atoms with Gasteiger partial charge in [0.15, 0.2) is 0 Å². The van der Waals surface area contributed by atoms with Crippen LogP contribution in [-0.2, 0) is 6.42 Å². The Bertz CT molecular complexity index is 769. The molecule has 0 aliphatic carbocycles. The lowest BCUT2D eigenvalue weighted by molar-refractivity contribution is 0.551. The van der Waals surface area contributed by atoms with Crippen LogP contribution in [0.2, 0.25) is 0 Å². The molecule has 2 aromatic carbocycles. The van der Waals surface area contributed by atoms with Crippen LogP contribution < -0.4 is 11.3 Å². The molecular formula is C16H16BrN3S. The zero-order chi connectivity index (χ0) is 14.8. The Morgan fingerprint density at radius 1 is 1.24 bits per heavy atom. The SMILES string of the molecule is Cc1csc(CC(NN)c2ccc3cc(Br)ccc3c2)n1. The number of fused-ring (bicyclic) bond motifs is 1. The van der Waals surface area contributed by atoms with Crippen molar-refractivity contribution in [1.29, 1.82) is 0 Å². The highest BCUT2D eigenvalue weighted by Gasteiger charge is 2.13. The third kappa shape index (κ3) is 3.32. The second-order valence-electron chi connectivity index (χ2n) is 5.06. The summed E-state index contributed by atoms with van der Waals surface area (Å²) in [6, 6.07) is 12.8. The normalized spacial score (nSPS) is 12.7. The molecule has 0 spiro atoms. The Morgan fingerprint density at radius 2 is 2.00 bits per heavy atom. The van der Waals surface area contributed by atoms with Crippen LogP contribution in [0.4, 0.5) is 0 Å². The molecule has 3 N–H and O–H groups in total. The molecule has 0 bridgehead atoms. The zero-order valence-electron chi connectivity index (χ0n) is 11.6. The first-order valence-electron chi connectivity index (χ1n) is 6.72. The van der Waals surface area contributed by atoms with Crippen LogP contribution in [0.5, 0.6) is 0 Å². The summed E-state index contributed by atoms with van der Waals surface area (Å²) in [6.45, 7) is 2.01. The third-order valence-corrected chi connectivity index (χ3v) is 4.96. The quantitative estimate of drug-likeness (QED) is 0.542. The molecule has 0 aliphatic heterocycles. The predicted molar refractivity (Wildman–Crippen MR) is 92.3 cm³/mol. The average Bonchev–Trinajstić information content (AvgIpc) is 2.89. The number of halogens is 1. The maximum Gasteiger partial charge on any atom is 0.0947 e. The van der Waals surface area contributed by atoms with Gasteiger partial charge in [0.1, 0.15) is 0 Å². The second kappa shape index (κ2) is 6.23. The number of nitrogens with zero attached hydrogens (tertiary/aromatic N) is 1. The van der Waals surface area contributed by atoms with E-state index in [0.29, 0.717) is 0 Å². The van der Waals surface area contributed by atoms with Gasteiger partial charge in [-0.05, 0) is 41.5 Å². The van der Waals surface area contributed by atoms with E-state index in [9.17, 15) is 0 Å². The summed E-state index contributed by atoms with van der Waals surface area (Å²) in [7, 11) is 0. The van der Waals surface area contributed by atoms with E-state index in [1.807, 2.05) is 6.92 Å². The Morgan fingerprint density at radius 3 is 2.71 bits per heavy atom. The topological polar surface area (TPSA) is 50.9 Å². The minimum Gasteiger partial charge on any atom is -0.271 e. The van der Waals surface area contributed by atoms with Gasteiger partial charge in [0.2, 0.25) is 0 Å². The van der Waals surface area contributed by atoms with E-state index in [-0.39, 0.29) is 6.04 Å². The first-order chi connectivity index (χ1) is 10.2. The number of nitrogens with one attached hydrogen (secondary N) is 1. The summed E-state index contributed by atoms with van der Waals surface area (Å²) in [5.74, 6) is 5.75. The van der Waals surface area contributed by atoms with E-state index < -0.39 is 0 Å². The van der Waals surface area contributed by atoms with Gasteiger partial charge in [-0.25, -0.2) is 4.98 Å². The summed E-state index contributed by atoms with van der Waals surface area (Å²) in [4.78, 5) is 4.51. The van der Waals surface area contributed by atoms with Gasteiger partial charge in [0.05, 0.1) is 11.0 Å². The Hall–Kier alpha value is -1.27. The van der Waals surface area contributed by atoms with Crippen molar-refractivity contribution < 1.29 is 0 Å². The highest BCUT2D eigenvalue weighted by Crippen LogP contribution is 2.25. The number of thiazole rings is 1. The fourth-order valence-corrected chi connectivity index (χ4v) is 3.59. The number of hydrogen-bond acceptors (Lipinski definition) is 4. The average molecular weight is 362 g/mol.